The number of imidazole rings is 1. The normalized spacial score (nSPS) is 10.6. The number of aryl methyl sites for hydroxylation is 1. The molecule has 25 heavy (non-hydrogen) atoms. The van der Waals surface area contributed by atoms with E-state index in [9.17, 15) is 4.79 Å². The molecule has 1 amide bonds. The number of rotatable bonds is 7. The third-order valence-corrected chi connectivity index (χ3v) is 4.08. The summed E-state index contributed by atoms with van der Waals surface area (Å²) in [5.41, 5.74) is 2.88. The average Bonchev–Trinajstić information content (AvgIpc) is 3.07. The van der Waals surface area contributed by atoms with E-state index in [0.717, 1.165) is 22.3 Å². The second kappa shape index (κ2) is 7.70. The molecule has 0 radical (unpaired) electrons. The van der Waals surface area contributed by atoms with Crippen LogP contribution >= 0.6 is 0 Å². The lowest BCUT2D eigenvalue weighted by molar-refractivity contribution is -0.121. The Balaban J connectivity index is 1.56. The summed E-state index contributed by atoms with van der Waals surface area (Å²) in [6, 6.07) is 13.4. The molecule has 1 N–H and O–H groups in total. The molecule has 1 heterocycles. The molecule has 0 aliphatic rings. The monoisotopic (exact) mass is 339 g/mol. The zero-order valence-electron chi connectivity index (χ0n) is 14.4. The van der Waals surface area contributed by atoms with Crippen molar-refractivity contribution in [3.8, 4) is 11.5 Å². The smallest absolute Gasteiger partial charge is 0.222 e. The molecule has 0 bridgehead atoms. The van der Waals surface area contributed by atoms with E-state index in [0.29, 0.717) is 25.3 Å². The largest absolute Gasteiger partial charge is 0.497 e. The van der Waals surface area contributed by atoms with Crippen LogP contribution in [0.5, 0.6) is 11.5 Å². The molecule has 6 nitrogen and oxygen atoms in total. The Bertz CT molecular complexity index is 873. The number of carbonyl (C=O) groups is 1. The van der Waals surface area contributed by atoms with Gasteiger partial charge in [-0.05, 0) is 24.3 Å². The van der Waals surface area contributed by atoms with Gasteiger partial charge in [0.25, 0.3) is 0 Å². The van der Waals surface area contributed by atoms with E-state index in [2.05, 4.69) is 10.3 Å². The minimum absolute atomic E-state index is 0.0179. The quantitative estimate of drug-likeness (QED) is 0.719. The number of ether oxygens (including phenoxy) is 2. The number of amides is 1. The summed E-state index contributed by atoms with van der Waals surface area (Å²) in [5, 5.41) is 2.93. The average molecular weight is 339 g/mol. The van der Waals surface area contributed by atoms with Crippen LogP contribution in [0.1, 0.15) is 12.0 Å². The van der Waals surface area contributed by atoms with Crippen LogP contribution in [0.4, 0.5) is 0 Å². The van der Waals surface area contributed by atoms with Gasteiger partial charge in [0.2, 0.25) is 5.91 Å². The predicted molar refractivity (Wildman–Crippen MR) is 95.7 cm³/mol. The highest BCUT2D eigenvalue weighted by Crippen LogP contribution is 2.24. The molecule has 0 aliphatic heterocycles. The fraction of sp³-hybridized carbons (Fsp3) is 0.263. The molecule has 0 aliphatic carbocycles. The summed E-state index contributed by atoms with van der Waals surface area (Å²) < 4.78 is 12.5. The van der Waals surface area contributed by atoms with Gasteiger partial charge in [-0.15, -0.1) is 0 Å². The van der Waals surface area contributed by atoms with E-state index in [-0.39, 0.29) is 5.91 Å². The highest BCUT2D eigenvalue weighted by atomic mass is 16.5. The van der Waals surface area contributed by atoms with Gasteiger partial charge < -0.3 is 19.4 Å². The van der Waals surface area contributed by atoms with E-state index in [4.69, 9.17) is 9.47 Å². The van der Waals surface area contributed by atoms with Gasteiger partial charge in [0.05, 0.1) is 31.6 Å². The lowest BCUT2D eigenvalue weighted by atomic mass is 10.2. The number of hydrogen-bond donors (Lipinski definition) is 1. The van der Waals surface area contributed by atoms with Crippen LogP contribution in [0.25, 0.3) is 11.0 Å². The number of benzene rings is 2. The molecular weight excluding hydrogens is 318 g/mol. The molecule has 0 saturated heterocycles. The van der Waals surface area contributed by atoms with Crippen molar-refractivity contribution in [2.45, 2.75) is 19.5 Å². The van der Waals surface area contributed by atoms with Crippen molar-refractivity contribution >= 4 is 16.9 Å². The number of nitrogens with one attached hydrogen (secondary N) is 1. The van der Waals surface area contributed by atoms with Crippen LogP contribution in [0.3, 0.4) is 0 Å². The maximum absolute atomic E-state index is 12.2. The molecule has 0 fully saturated rings. The van der Waals surface area contributed by atoms with E-state index >= 15 is 0 Å². The van der Waals surface area contributed by atoms with Crippen LogP contribution < -0.4 is 14.8 Å². The summed E-state index contributed by atoms with van der Waals surface area (Å²) in [4.78, 5) is 16.5. The molecule has 0 unspecified atom stereocenters. The summed E-state index contributed by atoms with van der Waals surface area (Å²) in [5.74, 6) is 1.40. The Morgan fingerprint density at radius 1 is 1.16 bits per heavy atom. The SMILES string of the molecule is COc1ccc(CNC(=O)CCn2cnc3ccccc32)c(OC)c1. The molecule has 0 atom stereocenters. The number of nitrogens with zero attached hydrogens (tertiary/aromatic N) is 2. The third kappa shape index (κ3) is 3.91. The van der Waals surface area contributed by atoms with E-state index < -0.39 is 0 Å². The maximum Gasteiger partial charge on any atom is 0.222 e. The summed E-state index contributed by atoms with van der Waals surface area (Å²) >= 11 is 0. The highest BCUT2D eigenvalue weighted by molar-refractivity contribution is 5.77. The first-order chi connectivity index (χ1) is 12.2. The maximum atomic E-state index is 12.2. The zero-order valence-corrected chi connectivity index (χ0v) is 14.4. The van der Waals surface area contributed by atoms with Crippen LogP contribution in [-0.2, 0) is 17.9 Å². The number of fused-ring (bicyclic) bond motifs is 1. The molecule has 6 heteroatoms. The molecule has 0 saturated carbocycles. The lowest BCUT2D eigenvalue weighted by Gasteiger charge is -2.11. The Kier molecular flexibility index (Phi) is 5.18. The third-order valence-electron chi connectivity index (χ3n) is 4.08. The molecule has 0 spiro atoms. The van der Waals surface area contributed by atoms with Crippen molar-refractivity contribution in [2.24, 2.45) is 0 Å². The standard InChI is InChI=1S/C19H21N3O3/c1-24-15-8-7-14(18(11-15)25-2)12-20-19(23)9-10-22-13-21-16-5-3-4-6-17(16)22/h3-8,11,13H,9-10,12H2,1-2H3,(H,20,23). The number of hydrogen-bond acceptors (Lipinski definition) is 4. The van der Waals surface area contributed by atoms with Gasteiger partial charge in [0.1, 0.15) is 11.5 Å². The molecule has 130 valence electrons. The molecule has 3 rings (SSSR count). The number of methoxy groups -OCH3 is 2. The summed E-state index contributed by atoms with van der Waals surface area (Å²) in [6.07, 6.45) is 2.16. The van der Waals surface area contributed by atoms with E-state index in [1.165, 1.54) is 0 Å². The lowest BCUT2D eigenvalue weighted by Crippen LogP contribution is -2.24. The number of para-hydroxylation sites is 2. The Morgan fingerprint density at radius 3 is 2.80 bits per heavy atom. The second-order valence-corrected chi connectivity index (χ2v) is 5.63. The Morgan fingerprint density at radius 2 is 2.00 bits per heavy atom. The van der Waals surface area contributed by atoms with Crippen LogP contribution in [-0.4, -0.2) is 29.7 Å². The van der Waals surface area contributed by atoms with Crippen molar-refractivity contribution < 1.29 is 14.3 Å². The van der Waals surface area contributed by atoms with Gasteiger partial charge >= 0.3 is 0 Å². The molecular formula is C19H21N3O3. The summed E-state index contributed by atoms with van der Waals surface area (Å²) in [7, 11) is 3.21. The topological polar surface area (TPSA) is 65.4 Å². The first-order valence-electron chi connectivity index (χ1n) is 8.08. The van der Waals surface area contributed by atoms with Gasteiger partial charge in [-0.2, -0.15) is 0 Å². The first-order valence-corrected chi connectivity index (χ1v) is 8.08. The molecule has 1 aromatic heterocycles. The van der Waals surface area contributed by atoms with Gasteiger partial charge in [0, 0.05) is 31.1 Å². The highest BCUT2D eigenvalue weighted by Gasteiger charge is 2.08. The van der Waals surface area contributed by atoms with Crippen molar-refractivity contribution in [3.63, 3.8) is 0 Å². The second-order valence-electron chi connectivity index (χ2n) is 5.63. The number of aromatic nitrogens is 2. The van der Waals surface area contributed by atoms with Gasteiger partial charge in [-0.25, -0.2) is 4.98 Å². The zero-order chi connectivity index (χ0) is 17.6. The van der Waals surface area contributed by atoms with E-state index in [1.54, 1.807) is 26.6 Å². The predicted octanol–water partition coefficient (Wildman–Crippen LogP) is 2.76. The molecule has 2 aromatic carbocycles. The van der Waals surface area contributed by atoms with E-state index in [1.807, 2.05) is 41.0 Å². The fourth-order valence-corrected chi connectivity index (χ4v) is 2.69. The minimum Gasteiger partial charge on any atom is -0.497 e. The van der Waals surface area contributed by atoms with Crippen LogP contribution in [0, 0.1) is 0 Å². The number of carbonyl (C=O) groups excluding carboxylic acids is 1. The fourth-order valence-electron chi connectivity index (χ4n) is 2.69. The summed E-state index contributed by atoms with van der Waals surface area (Å²) in [6.45, 7) is 1.00. The van der Waals surface area contributed by atoms with Crippen molar-refractivity contribution in [2.75, 3.05) is 14.2 Å². The van der Waals surface area contributed by atoms with Crippen molar-refractivity contribution in [3.05, 3.63) is 54.4 Å². The molecule has 3 aromatic rings. The van der Waals surface area contributed by atoms with Crippen LogP contribution in [0.15, 0.2) is 48.8 Å². The van der Waals surface area contributed by atoms with Gasteiger partial charge in [-0.1, -0.05) is 12.1 Å². The van der Waals surface area contributed by atoms with Gasteiger partial charge in [0.15, 0.2) is 0 Å². The Hall–Kier alpha value is -3.02. The van der Waals surface area contributed by atoms with Gasteiger partial charge in [-0.3, -0.25) is 4.79 Å². The van der Waals surface area contributed by atoms with Crippen LogP contribution in [0.2, 0.25) is 0 Å². The minimum atomic E-state index is -0.0179. The van der Waals surface area contributed by atoms with Crippen molar-refractivity contribution in [1.82, 2.24) is 14.9 Å². The van der Waals surface area contributed by atoms with Crippen molar-refractivity contribution in [1.29, 1.82) is 0 Å². The Labute approximate surface area is 146 Å². The first kappa shape index (κ1) is 16.8.